The van der Waals surface area contributed by atoms with Crippen LogP contribution >= 0.6 is 12.4 Å². The summed E-state index contributed by atoms with van der Waals surface area (Å²) >= 11 is 0. The van der Waals surface area contributed by atoms with Crippen LogP contribution in [0.4, 0.5) is 5.69 Å². The van der Waals surface area contributed by atoms with E-state index in [2.05, 4.69) is 30.4 Å². The smallest absolute Gasteiger partial charge is 0.118 e. The molecule has 5 heteroatoms. The van der Waals surface area contributed by atoms with Crippen LogP contribution in [0.2, 0.25) is 0 Å². The van der Waals surface area contributed by atoms with Crippen LogP contribution in [0, 0.1) is 6.92 Å². The van der Waals surface area contributed by atoms with Gasteiger partial charge in [0.15, 0.2) is 0 Å². The van der Waals surface area contributed by atoms with Gasteiger partial charge in [-0.1, -0.05) is 12.1 Å². The number of aromatic nitrogens is 1. The average Bonchev–Trinajstić information content (AvgIpc) is 2.59. The lowest BCUT2D eigenvalue weighted by molar-refractivity contribution is 0.208. The molecule has 0 aliphatic rings. The van der Waals surface area contributed by atoms with Gasteiger partial charge in [0.1, 0.15) is 5.75 Å². The maximum Gasteiger partial charge on any atom is 0.118 e. The van der Waals surface area contributed by atoms with Crippen molar-refractivity contribution in [3.63, 3.8) is 0 Å². The molecule has 0 spiro atoms. The van der Waals surface area contributed by atoms with Gasteiger partial charge in [0.25, 0.3) is 0 Å². The number of aliphatic hydroxyl groups is 1. The summed E-state index contributed by atoms with van der Waals surface area (Å²) < 4.78 is 5.22. The second kappa shape index (κ2) is 8.19. The summed E-state index contributed by atoms with van der Waals surface area (Å²) in [5, 5.41) is 14.0. The number of fused-ring (bicyclic) bond motifs is 1. The molecule has 1 unspecified atom stereocenters. The highest BCUT2D eigenvalue weighted by molar-refractivity contribution is 5.94. The van der Waals surface area contributed by atoms with E-state index in [0.29, 0.717) is 6.54 Å². The highest BCUT2D eigenvalue weighted by Crippen LogP contribution is 2.29. The number of hydrogen-bond donors (Lipinski definition) is 2. The Hall–Kier alpha value is -2.30. The van der Waals surface area contributed by atoms with Crippen LogP contribution in [-0.2, 0) is 0 Å². The number of hydrogen-bond acceptors (Lipinski definition) is 4. The highest BCUT2D eigenvalue weighted by Gasteiger charge is 2.09. The molecule has 0 aliphatic carbocycles. The topological polar surface area (TPSA) is 54.4 Å². The fraction of sp³-hybridized carbons (Fsp3) is 0.250. The lowest BCUT2D eigenvalue weighted by Gasteiger charge is -2.14. The Bertz CT molecular complexity index is 848. The number of rotatable bonds is 5. The summed E-state index contributed by atoms with van der Waals surface area (Å²) in [5.41, 5.74) is 5.01. The molecule has 0 amide bonds. The summed E-state index contributed by atoms with van der Waals surface area (Å²) in [6.45, 7) is 4.32. The van der Waals surface area contributed by atoms with Crippen LogP contribution in [0.1, 0.15) is 12.5 Å². The quantitative estimate of drug-likeness (QED) is 0.708. The number of benzene rings is 2. The van der Waals surface area contributed by atoms with Gasteiger partial charge in [-0.25, -0.2) is 4.98 Å². The van der Waals surface area contributed by atoms with Crippen LogP contribution in [0.3, 0.4) is 0 Å². The molecule has 3 aromatic rings. The second-order valence-electron chi connectivity index (χ2n) is 6.03. The van der Waals surface area contributed by atoms with E-state index in [1.54, 1.807) is 14.0 Å². The summed E-state index contributed by atoms with van der Waals surface area (Å²) in [6.07, 6.45) is -0.414. The molecule has 1 aromatic heterocycles. The number of nitrogens with one attached hydrogen (secondary N) is 1. The largest absolute Gasteiger partial charge is 0.497 e. The third-order valence-electron chi connectivity index (χ3n) is 3.94. The molecule has 132 valence electrons. The number of aryl methyl sites for hydroxylation is 1. The van der Waals surface area contributed by atoms with E-state index >= 15 is 0 Å². The number of nitrogens with zero attached hydrogens (tertiary/aromatic N) is 1. The average molecular weight is 359 g/mol. The minimum atomic E-state index is -0.414. The van der Waals surface area contributed by atoms with E-state index in [1.807, 2.05) is 30.3 Å². The van der Waals surface area contributed by atoms with Crippen molar-refractivity contribution in [3.05, 3.63) is 54.1 Å². The van der Waals surface area contributed by atoms with E-state index in [0.717, 1.165) is 33.6 Å². The molecule has 0 saturated heterocycles. The molecule has 1 atom stereocenters. The zero-order chi connectivity index (χ0) is 17.1. The normalized spacial score (nSPS) is 11.7. The first-order valence-electron chi connectivity index (χ1n) is 8.04. The van der Waals surface area contributed by atoms with Gasteiger partial charge in [-0.2, -0.15) is 0 Å². The molecule has 3 rings (SSSR count). The Kier molecular flexibility index (Phi) is 6.23. The summed E-state index contributed by atoms with van der Waals surface area (Å²) in [5.74, 6) is 0.822. The minimum Gasteiger partial charge on any atom is -0.497 e. The summed E-state index contributed by atoms with van der Waals surface area (Å²) in [6, 6.07) is 16.1. The number of methoxy groups -OCH3 is 1. The molecule has 4 nitrogen and oxygen atoms in total. The van der Waals surface area contributed by atoms with Gasteiger partial charge in [-0.15, -0.1) is 12.4 Å². The number of ether oxygens (including phenoxy) is 1. The van der Waals surface area contributed by atoms with Crippen molar-refractivity contribution in [2.45, 2.75) is 20.0 Å². The lowest BCUT2D eigenvalue weighted by atomic mass is 10.1. The van der Waals surface area contributed by atoms with Gasteiger partial charge in [-0.05, 0) is 55.8 Å². The zero-order valence-electron chi connectivity index (χ0n) is 14.6. The standard InChI is InChI=1S/C20H22N2O2.ClH/c1-13-4-9-17-19(21-12-14(2)23)11-18(22-20(17)10-13)15-5-7-16(24-3)8-6-15;/h4-11,14,23H,12H2,1-3H3,(H,21,22);1H. The van der Waals surface area contributed by atoms with E-state index < -0.39 is 6.10 Å². The van der Waals surface area contributed by atoms with Gasteiger partial charge in [0.05, 0.1) is 24.4 Å². The van der Waals surface area contributed by atoms with Crippen LogP contribution in [0.15, 0.2) is 48.5 Å². The van der Waals surface area contributed by atoms with E-state index in [-0.39, 0.29) is 12.4 Å². The Morgan fingerprint density at radius 1 is 1.12 bits per heavy atom. The third-order valence-corrected chi connectivity index (χ3v) is 3.94. The molecule has 2 aromatic carbocycles. The van der Waals surface area contributed by atoms with Crippen LogP contribution < -0.4 is 10.1 Å². The first kappa shape index (κ1) is 19.0. The van der Waals surface area contributed by atoms with Gasteiger partial charge < -0.3 is 15.2 Å². The molecule has 0 saturated carbocycles. The molecular weight excluding hydrogens is 336 g/mol. The SMILES string of the molecule is COc1ccc(-c2cc(NCC(C)O)c3ccc(C)cc3n2)cc1.Cl. The van der Waals surface area contributed by atoms with Gasteiger partial charge in [0, 0.05) is 23.2 Å². The number of pyridine rings is 1. The van der Waals surface area contributed by atoms with Crippen molar-refractivity contribution < 1.29 is 9.84 Å². The van der Waals surface area contributed by atoms with Crippen molar-refractivity contribution in [1.29, 1.82) is 0 Å². The second-order valence-corrected chi connectivity index (χ2v) is 6.03. The molecule has 1 heterocycles. The molecule has 25 heavy (non-hydrogen) atoms. The fourth-order valence-corrected chi connectivity index (χ4v) is 2.65. The fourth-order valence-electron chi connectivity index (χ4n) is 2.65. The first-order valence-corrected chi connectivity index (χ1v) is 8.04. The lowest BCUT2D eigenvalue weighted by Crippen LogP contribution is -2.15. The number of anilines is 1. The van der Waals surface area contributed by atoms with Gasteiger partial charge in [-0.3, -0.25) is 0 Å². The summed E-state index contributed by atoms with van der Waals surface area (Å²) in [7, 11) is 1.66. The van der Waals surface area contributed by atoms with Crippen LogP contribution in [-0.4, -0.2) is 29.8 Å². The first-order chi connectivity index (χ1) is 11.6. The van der Waals surface area contributed by atoms with Crippen molar-refractivity contribution in [2.75, 3.05) is 19.0 Å². The van der Waals surface area contributed by atoms with E-state index in [9.17, 15) is 5.11 Å². The molecule has 0 fully saturated rings. The maximum absolute atomic E-state index is 9.58. The molecule has 0 radical (unpaired) electrons. The van der Waals surface area contributed by atoms with Gasteiger partial charge in [0.2, 0.25) is 0 Å². The number of aliphatic hydroxyl groups excluding tert-OH is 1. The Labute approximate surface area is 154 Å². The molecular formula is C20H23ClN2O2. The van der Waals surface area contributed by atoms with Gasteiger partial charge >= 0.3 is 0 Å². The predicted octanol–water partition coefficient (Wildman–Crippen LogP) is 4.43. The molecule has 0 aliphatic heterocycles. The van der Waals surface area contributed by atoms with E-state index in [4.69, 9.17) is 9.72 Å². The van der Waals surface area contributed by atoms with Crippen molar-refractivity contribution in [2.24, 2.45) is 0 Å². The van der Waals surface area contributed by atoms with Crippen molar-refractivity contribution in [1.82, 2.24) is 4.98 Å². The Balaban J connectivity index is 0.00000225. The Morgan fingerprint density at radius 2 is 1.84 bits per heavy atom. The number of halogens is 1. The molecule has 0 bridgehead atoms. The van der Waals surface area contributed by atoms with Crippen LogP contribution in [0.25, 0.3) is 22.2 Å². The highest BCUT2D eigenvalue weighted by atomic mass is 35.5. The van der Waals surface area contributed by atoms with Crippen molar-refractivity contribution >= 4 is 29.0 Å². The monoisotopic (exact) mass is 358 g/mol. The van der Waals surface area contributed by atoms with Crippen LogP contribution in [0.5, 0.6) is 5.75 Å². The third kappa shape index (κ3) is 4.41. The predicted molar refractivity (Wildman–Crippen MR) is 106 cm³/mol. The van der Waals surface area contributed by atoms with Crippen molar-refractivity contribution in [3.8, 4) is 17.0 Å². The minimum absolute atomic E-state index is 0. The Morgan fingerprint density at radius 3 is 2.48 bits per heavy atom. The maximum atomic E-state index is 9.58. The molecule has 2 N–H and O–H groups in total. The zero-order valence-corrected chi connectivity index (χ0v) is 15.4. The summed E-state index contributed by atoms with van der Waals surface area (Å²) in [4.78, 5) is 4.81. The van der Waals surface area contributed by atoms with E-state index in [1.165, 1.54) is 5.56 Å².